The molecule has 1 aliphatic heterocycles. The van der Waals surface area contributed by atoms with Crippen LogP contribution in [0.1, 0.15) is 11.6 Å². The standard InChI is InChI=1S/C18H14F3N3OS/c19-18(20,21)11-6-7-15-14(8-11)16(17(25)24(15)13-9-26-10-13)23-22-12-4-2-1-3-5-12/h1-8,13,25H,9-10H2. The van der Waals surface area contributed by atoms with E-state index >= 15 is 0 Å². The van der Waals surface area contributed by atoms with Crippen LogP contribution in [0.4, 0.5) is 24.5 Å². The van der Waals surface area contributed by atoms with E-state index in [0.29, 0.717) is 11.2 Å². The summed E-state index contributed by atoms with van der Waals surface area (Å²) in [6.07, 6.45) is -4.47. The Morgan fingerprint density at radius 2 is 1.77 bits per heavy atom. The van der Waals surface area contributed by atoms with Crippen molar-refractivity contribution in [3.8, 4) is 5.88 Å². The summed E-state index contributed by atoms with van der Waals surface area (Å²) in [5, 5.41) is 19.0. The van der Waals surface area contributed by atoms with Gasteiger partial charge in [0.2, 0.25) is 5.88 Å². The lowest BCUT2D eigenvalue weighted by atomic mass is 10.1. The molecule has 2 aromatic carbocycles. The molecule has 26 heavy (non-hydrogen) atoms. The van der Waals surface area contributed by atoms with Gasteiger partial charge in [0, 0.05) is 16.9 Å². The molecule has 1 aromatic heterocycles. The van der Waals surface area contributed by atoms with Gasteiger partial charge in [0.1, 0.15) is 0 Å². The van der Waals surface area contributed by atoms with Gasteiger partial charge in [0.25, 0.3) is 0 Å². The Balaban J connectivity index is 1.88. The van der Waals surface area contributed by atoms with Crippen molar-refractivity contribution in [3.05, 3.63) is 54.1 Å². The van der Waals surface area contributed by atoms with Crippen LogP contribution in [-0.2, 0) is 6.18 Å². The number of hydrogen-bond donors (Lipinski definition) is 1. The Bertz CT molecular complexity index is 979. The quantitative estimate of drug-likeness (QED) is 0.563. The number of hydrogen-bond acceptors (Lipinski definition) is 4. The molecular formula is C18H14F3N3OS. The van der Waals surface area contributed by atoms with Crippen molar-refractivity contribution >= 4 is 34.0 Å². The maximum absolute atomic E-state index is 13.1. The Kier molecular flexibility index (Phi) is 4.14. The lowest BCUT2D eigenvalue weighted by molar-refractivity contribution is -0.137. The average molecular weight is 377 g/mol. The topological polar surface area (TPSA) is 49.9 Å². The lowest BCUT2D eigenvalue weighted by Gasteiger charge is -2.27. The molecule has 0 spiro atoms. The molecule has 0 radical (unpaired) electrons. The second-order valence-electron chi connectivity index (χ2n) is 6.00. The first-order valence-electron chi connectivity index (χ1n) is 7.94. The number of alkyl halides is 3. The normalized spacial score (nSPS) is 15.7. The summed E-state index contributed by atoms with van der Waals surface area (Å²) in [7, 11) is 0. The fourth-order valence-corrected chi connectivity index (χ4v) is 3.65. The number of fused-ring (bicyclic) bond motifs is 1. The van der Waals surface area contributed by atoms with Crippen LogP contribution in [0.2, 0.25) is 0 Å². The maximum Gasteiger partial charge on any atom is 0.416 e. The fraction of sp³-hybridized carbons (Fsp3) is 0.222. The van der Waals surface area contributed by atoms with Crippen LogP contribution in [0.3, 0.4) is 0 Å². The van der Waals surface area contributed by atoms with Gasteiger partial charge in [-0.2, -0.15) is 30.0 Å². The smallest absolute Gasteiger partial charge is 0.416 e. The van der Waals surface area contributed by atoms with Gasteiger partial charge in [0.05, 0.1) is 22.8 Å². The van der Waals surface area contributed by atoms with E-state index in [0.717, 1.165) is 23.6 Å². The van der Waals surface area contributed by atoms with Gasteiger partial charge in [-0.3, -0.25) is 0 Å². The van der Waals surface area contributed by atoms with Gasteiger partial charge < -0.3 is 9.67 Å². The van der Waals surface area contributed by atoms with E-state index < -0.39 is 11.7 Å². The van der Waals surface area contributed by atoms with Crippen LogP contribution >= 0.6 is 11.8 Å². The first-order valence-corrected chi connectivity index (χ1v) is 9.09. The number of aromatic hydroxyl groups is 1. The molecule has 1 saturated heterocycles. The van der Waals surface area contributed by atoms with Crippen LogP contribution in [0.5, 0.6) is 5.88 Å². The van der Waals surface area contributed by atoms with Crippen LogP contribution < -0.4 is 0 Å². The van der Waals surface area contributed by atoms with Gasteiger partial charge in [-0.15, -0.1) is 5.11 Å². The van der Waals surface area contributed by atoms with E-state index in [-0.39, 0.29) is 23.0 Å². The Labute approximate surface area is 151 Å². The summed E-state index contributed by atoms with van der Waals surface area (Å²) in [6.45, 7) is 0. The lowest BCUT2D eigenvalue weighted by Crippen LogP contribution is -2.22. The number of benzene rings is 2. The number of aromatic nitrogens is 1. The molecule has 3 aromatic rings. The minimum absolute atomic E-state index is 0.0416. The number of halogens is 3. The molecular weight excluding hydrogens is 363 g/mol. The Morgan fingerprint density at radius 3 is 2.38 bits per heavy atom. The molecule has 0 amide bonds. The highest BCUT2D eigenvalue weighted by molar-refractivity contribution is 8.00. The second-order valence-corrected chi connectivity index (χ2v) is 7.07. The third-order valence-electron chi connectivity index (χ3n) is 4.29. The van der Waals surface area contributed by atoms with Crippen molar-refractivity contribution in [3.63, 3.8) is 0 Å². The molecule has 0 bridgehead atoms. The monoisotopic (exact) mass is 377 g/mol. The van der Waals surface area contributed by atoms with E-state index in [1.807, 2.05) is 6.07 Å². The third kappa shape index (κ3) is 2.94. The minimum Gasteiger partial charge on any atom is -0.493 e. The second kappa shape index (κ2) is 6.35. The summed E-state index contributed by atoms with van der Waals surface area (Å²) < 4.78 is 41.0. The summed E-state index contributed by atoms with van der Waals surface area (Å²) in [5.41, 5.74) is 0.370. The first kappa shape index (κ1) is 17.0. The van der Waals surface area contributed by atoms with E-state index in [2.05, 4.69) is 10.2 Å². The highest BCUT2D eigenvalue weighted by Crippen LogP contribution is 2.46. The van der Waals surface area contributed by atoms with Crippen molar-refractivity contribution in [2.75, 3.05) is 11.5 Å². The van der Waals surface area contributed by atoms with Gasteiger partial charge in [-0.05, 0) is 30.3 Å². The number of rotatable bonds is 3. The Morgan fingerprint density at radius 1 is 1.04 bits per heavy atom. The summed E-state index contributed by atoms with van der Waals surface area (Å²) >= 11 is 1.72. The van der Waals surface area contributed by atoms with Crippen molar-refractivity contribution in [2.45, 2.75) is 12.2 Å². The Hall–Kier alpha value is -2.48. The minimum atomic E-state index is -4.47. The zero-order valence-electron chi connectivity index (χ0n) is 13.4. The highest BCUT2D eigenvalue weighted by atomic mass is 32.2. The average Bonchev–Trinajstić information content (AvgIpc) is 2.83. The molecule has 0 saturated carbocycles. The predicted octanol–water partition coefficient (Wildman–Crippen LogP) is 6.07. The molecule has 0 atom stereocenters. The van der Waals surface area contributed by atoms with E-state index in [1.54, 1.807) is 40.6 Å². The zero-order valence-corrected chi connectivity index (χ0v) is 14.3. The van der Waals surface area contributed by atoms with Gasteiger partial charge in [-0.1, -0.05) is 18.2 Å². The molecule has 2 heterocycles. The van der Waals surface area contributed by atoms with Crippen molar-refractivity contribution in [1.82, 2.24) is 4.57 Å². The molecule has 1 fully saturated rings. The van der Waals surface area contributed by atoms with Gasteiger partial charge in [0.15, 0.2) is 5.69 Å². The molecule has 4 rings (SSSR count). The van der Waals surface area contributed by atoms with Crippen molar-refractivity contribution in [2.24, 2.45) is 10.2 Å². The largest absolute Gasteiger partial charge is 0.493 e. The summed E-state index contributed by atoms with van der Waals surface area (Å²) in [4.78, 5) is 0. The molecule has 0 aliphatic carbocycles. The molecule has 134 valence electrons. The number of nitrogens with zero attached hydrogens (tertiary/aromatic N) is 3. The van der Waals surface area contributed by atoms with Gasteiger partial charge >= 0.3 is 6.18 Å². The van der Waals surface area contributed by atoms with Crippen molar-refractivity contribution in [1.29, 1.82) is 0 Å². The van der Waals surface area contributed by atoms with Gasteiger partial charge in [-0.25, -0.2) is 0 Å². The fourth-order valence-electron chi connectivity index (χ4n) is 2.90. The van der Waals surface area contributed by atoms with Crippen LogP contribution in [0.25, 0.3) is 10.9 Å². The highest BCUT2D eigenvalue weighted by Gasteiger charge is 2.33. The zero-order chi connectivity index (χ0) is 18.3. The van der Waals surface area contributed by atoms with Crippen LogP contribution in [0, 0.1) is 0 Å². The van der Waals surface area contributed by atoms with E-state index in [9.17, 15) is 18.3 Å². The molecule has 0 unspecified atom stereocenters. The molecule has 1 aliphatic rings. The van der Waals surface area contributed by atoms with Crippen LogP contribution in [-0.4, -0.2) is 21.2 Å². The van der Waals surface area contributed by atoms with E-state index in [1.165, 1.54) is 6.07 Å². The number of azo groups is 1. The third-order valence-corrected chi connectivity index (χ3v) is 5.53. The predicted molar refractivity (Wildman–Crippen MR) is 95.6 cm³/mol. The summed E-state index contributed by atoms with van der Waals surface area (Å²) in [6, 6.07) is 12.3. The molecule has 8 heteroatoms. The van der Waals surface area contributed by atoms with Crippen molar-refractivity contribution < 1.29 is 18.3 Å². The number of thioether (sulfide) groups is 1. The maximum atomic E-state index is 13.1. The summed E-state index contributed by atoms with van der Waals surface area (Å²) in [5.74, 6) is 1.45. The van der Waals surface area contributed by atoms with E-state index in [4.69, 9.17) is 0 Å². The first-order chi connectivity index (χ1) is 12.4. The molecule has 4 nitrogen and oxygen atoms in total. The molecule has 1 N–H and O–H groups in total. The van der Waals surface area contributed by atoms with Crippen LogP contribution in [0.15, 0.2) is 58.8 Å². The SMILES string of the molecule is Oc1c(N=Nc2ccccc2)c2cc(C(F)(F)F)ccc2n1C1CSC1.